The second kappa shape index (κ2) is 7.31. The van der Waals surface area contributed by atoms with Crippen LogP contribution in [0.15, 0.2) is 36.9 Å². The van der Waals surface area contributed by atoms with Gasteiger partial charge in [-0.25, -0.2) is 0 Å². The molecule has 0 spiro atoms. The molecule has 0 amide bonds. The van der Waals surface area contributed by atoms with Gasteiger partial charge in [0.15, 0.2) is 0 Å². The highest BCUT2D eigenvalue weighted by atomic mass is 16.5. The van der Waals surface area contributed by atoms with E-state index < -0.39 is 6.10 Å². The summed E-state index contributed by atoms with van der Waals surface area (Å²) in [6.45, 7) is 8.74. The van der Waals surface area contributed by atoms with E-state index in [0.29, 0.717) is 19.6 Å². The Kier molecular flexibility index (Phi) is 6.06. The summed E-state index contributed by atoms with van der Waals surface area (Å²) in [6, 6.07) is 7.77. The minimum atomic E-state index is -0.430. The van der Waals surface area contributed by atoms with E-state index >= 15 is 0 Å². The van der Waals surface area contributed by atoms with Crippen LogP contribution in [0.5, 0.6) is 5.75 Å². The van der Waals surface area contributed by atoms with E-state index in [2.05, 4.69) is 6.58 Å². The van der Waals surface area contributed by atoms with Crippen molar-refractivity contribution in [1.29, 1.82) is 0 Å². The molecule has 0 fully saturated rings. The summed E-state index contributed by atoms with van der Waals surface area (Å²) in [6.07, 6.45) is 1.96. The van der Waals surface area contributed by atoms with Gasteiger partial charge in [0.25, 0.3) is 0 Å². The fraction of sp³-hybridized carbons (Fsp3) is 0.500. The molecule has 19 heavy (non-hydrogen) atoms. The SMILES string of the molecule is C=CC(C)(C)[C@@H](O)CCOCc1ccc(OC)cc1. The van der Waals surface area contributed by atoms with Crippen molar-refractivity contribution in [2.75, 3.05) is 13.7 Å². The van der Waals surface area contributed by atoms with E-state index in [1.54, 1.807) is 13.2 Å². The van der Waals surface area contributed by atoms with Crippen molar-refractivity contribution in [2.24, 2.45) is 5.41 Å². The molecule has 3 nitrogen and oxygen atoms in total. The molecule has 106 valence electrons. The van der Waals surface area contributed by atoms with Crippen LogP contribution in [-0.4, -0.2) is 24.9 Å². The number of aliphatic hydroxyl groups is 1. The number of rotatable bonds is 8. The zero-order valence-electron chi connectivity index (χ0n) is 12.1. The van der Waals surface area contributed by atoms with Crippen LogP contribution in [0.3, 0.4) is 0 Å². The molecule has 0 aromatic heterocycles. The smallest absolute Gasteiger partial charge is 0.118 e. The third-order valence-electron chi connectivity index (χ3n) is 3.35. The van der Waals surface area contributed by atoms with Crippen LogP contribution < -0.4 is 4.74 Å². The van der Waals surface area contributed by atoms with Crippen LogP contribution >= 0.6 is 0 Å². The van der Waals surface area contributed by atoms with Crippen molar-refractivity contribution >= 4 is 0 Å². The molecule has 0 aliphatic carbocycles. The Morgan fingerprint density at radius 1 is 1.32 bits per heavy atom. The molecule has 1 N–H and O–H groups in total. The summed E-state index contributed by atoms with van der Waals surface area (Å²) in [7, 11) is 1.65. The van der Waals surface area contributed by atoms with E-state index in [4.69, 9.17) is 9.47 Å². The van der Waals surface area contributed by atoms with Gasteiger partial charge in [-0.2, -0.15) is 0 Å². The first-order chi connectivity index (χ1) is 8.99. The Hall–Kier alpha value is -1.32. The van der Waals surface area contributed by atoms with Crippen LogP contribution in [-0.2, 0) is 11.3 Å². The van der Waals surface area contributed by atoms with Gasteiger partial charge in [-0.15, -0.1) is 6.58 Å². The summed E-state index contributed by atoms with van der Waals surface area (Å²) in [4.78, 5) is 0. The maximum absolute atomic E-state index is 9.97. The number of ether oxygens (including phenoxy) is 2. The van der Waals surface area contributed by atoms with Crippen molar-refractivity contribution in [3.63, 3.8) is 0 Å². The number of methoxy groups -OCH3 is 1. The van der Waals surface area contributed by atoms with E-state index in [1.165, 1.54) is 0 Å². The Morgan fingerprint density at radius 2 is 1.95 bits per heavy atom. The van der Waals surface area contributed by atoms with Crippen LogP contribution in [0.1, 0.15) is 25.8 Å². The molecule has 1 atom stereocenters. The number of aliphatic hydroxyl groups excluding tert-OH is 1. The van der Waals surface area contributed by atoms with Gasteiger partial charge in [0.05, 0.1) is 19.8 Å². The molecule has 0 bridgehead atoms. The molecule has 0 saturated heterocycles. The zero-order valence-corrected chi connectivity index (χ0v) is 12.1. The van der Waals surface area contributed by atoms with Gasteiger partial charge in [0, 0.05) is 12.0 Å². The molecule has 1 aromatic carbocycles. The van der Waals surface area contributed by atoms with Crippen LogP contribution in [0, 0.1) is 5.41 Å². The molecule has 0 saturated carbocycles. The molecular weight excluding hydrogens is 240 g/mol. The summed E-state index contributed by atoms with van der Waals surface area (Å²) < 4.78 is 10.7. The van der Waals surface area contributed by atoms with Gasteiger partial charge in [0.2, 0.25) is 0 Å². The second-order valence-electron chi connectivity index (χ2n) is 5.23. The topological polar surface area (TPSA) is 38.7 Å². The monoisotopic (exact) mass is 264 g/mol. The Morgan fingerprint density at radius 3 is 2.47 bits per heavy atom. The van der Waals surface area contributed by atoms with Crippen molar-refractivity contribution < 1.29 is 14.6 Å². The molecule has 0 aliphatic rings. The standard InChI is InChI=1S/C16H24O3/c1-5-16(2,3)15(17)10-11-19-12-13-6-8-14(18-4)9-7-13/h5-9,15,17H,1,10-12H2,2-4H3/t15-/m0/s1. The largest absolute Gasteiger partial charge is 0.497 e. The van der Waals surface area contributed by atoms with E-state index in [-0.39, 0.29) is 5.41 Å². The quantitative estimate of drug-likeness (QED) is 0.579. The van der Waals surface area contributed by atoms with Crippen molar-refractivity contribution in [2.45, 2.75) is 33.0 Å². The summed E-state index contributed by atoms with van der Waals surface area (Å²) in [5.41, 5.74) is 0.821. The third kappa shape index (κ3) is 5.05. The van der Waals surface area contributed by atoms with Gasteiger partial charge < -0.3 is 14.6 Å². The highest BCUT2D eigenvalue weighted by Crippen LogP contribution is 2.24. The Balaban J connectivity index is 2.28. The van der Waals surface area contributed by atoms with Gasteiger partial charge in [0.1, 0.15) is 5.75 Å². The van der Waals surface area contributed by atoms with Gasteiger partial charge >= 0.3 is 0 Å². The summed E-state index contributed by atoms with van der Waals surface area (Å²) in [5.74, 6) is 0.840. The predicted octanol–water partition coefficient (Wildman–Crippen LogP) is 3.18. The first-order valence-electron chi connectivity index (χ1n) is 6.52. The maximum atomic E-state index is 9.97. The highest BCUT2D eigenvalue weighted by Gasteiger charge is 2.23. The lowest BCUT2D eigenvalue weighted by molar-refractivity contribution is 0.0304. The second-order valence-corrected chi connectivity index (χ2v) is 5.23. The molecule has 0 aliphatic heterocycles. The van der Waals surface area contributed by atoms with Crippen molar-refractivity contribution in [1.82, 2.24) is 0 Å². The maximum Gasteiger partial charge on any atom is 0.118 e. The Bertz CT molecular complexity index is 381. The molecule has 0 heterocycles. The molecule has 0 radical (unpaired) electrons. The van der Waals surface area contributed by atoms with Crippen molar-refractivity contribution in [3.8, 4) is 5.75 Å². The average molecular weight is 264 g/mol. The van der Waals surface area contributed by atoms with E-state index in [9.17, 15) is 5.11 Å². The third-order valence-corrected chi connectivity index (χ3v) is 3.35. The lowest BCUT2D eigenvalue weighted by atomic mass is 9.85. The average Bonchev–Trinajstić information content (AvgIpc) is 2.43. The van der Waals surface area contributed by atoms with Crippen LogP contribution in [0.4, 0.5) is 0 Å². The first kappa shape index (κ1) is 15.7. The Labute approximate surface area is 115 Å². The zero-order chi connectivity index (χ0) is 14.3. The number of benzene rings is 1. The lowest BCUT2D eigenvalue weighted by Gasteiger charge is -2.26. The highest BCUT2D eigenvalue weighted by molar-refractivity contribution is 5.26. The first-order valence-corrected chi connectivity index (χ1v) is 6.52. The minimum Gasteiger partial charge on any atom is -0.497 e. The van der Waals surface area contributed by atoms with E-state index in [1.807, 2.05) is 38.1 Å². The molecule has 1 rings (SSSR count). The predicted molar refractivity (Wildman–Crippen MR) is 77.3 cm³/mol. The van der Waals surface area contributed by atoms with Crippen LogP contribution in [0.25, 0.3) is 0 Å². The fourth-order valence-electron chi connectivity index (χ4n) is 1.61. The van der Waals surface area contributed by atoms with Crippen LogP contribution in [0.2, 0.25) is 0 Å². The van der Waals surface area contributed by atoms with Gasteiger partial charge in [-0.1, -0.05) is 32.1 Å². The van der Waals surface area contributed by atoms with Gasteiger partial charge in [-0.05, 0) is 24.1 Å². The molecule has 1 aromatic rings. The van der Waals surface area contributed by atoms with Crippen molar-refractivity contribution in [3.05, 3.63) is 42.5 Å². The number of hydrogen-bond donors (Lipinski definition) is 1. The molecule has 3 heteroatoms. The lowest BCUT2D eigenvalue weighted by Crippen LogP contribution is -2.28. The van der Waals surface area contributed by atoms with Gasteiger partial charge in [-0.3, -0.25) is 0 Å². The number of hydrogen-bond acceptors (Lipinski definition) is 3. The summed E-state index contributed by atoms with van der Waals surface area (Å²) >= 11 is 0. The normalized spacial score (nSPS) is 13.1. The summed E-state index contributed by atoms with van der Waals surface area (Å²) in [5, 5.41) is 9.97. The molecular formula is C16H24O3. The fourth-order valence-corrected chi connectivity index (χ4v) is 1.61. The van der Waals surface area contributed by atoms with E-state index in [0.717, 1.165) is 11.3 Å². The molecule has 0 unspecified atom stereocenters. The minimum absolute atomic E-state index is 0.274.